The summed E-state index contributed by atoms with van der Waals surface area (Å²) in [5.74, 6) is -0.276. The number of primary amides is 1. The highest BCUT2D eigenvalue weighted by Crippen LogP contribution is 2.18. The molecule has 9 heavy (non-hydrogen) atoms. The van der Waals surface area contributed by atoms with E-state index in [4.69, 9.17) is 5.73 Å². The van der Waals surface area contributed by atoms with Gasteiger partial charge in [0, 0.05) is 5.41 Å². The van der Waals surface area contributed by atoms with Gasteiger partial charge in [0.15, 0.2) is 0 Å². The molecular weight excluding hydrogens is 114 g/mol. The molecular formula is C7H13NO. The molecule has 0 fully saturated rings. The normalized spacial score (nSPS) is 10.9. The van der Waals surface area contributed by atoms with Gasteiger partial charge in [-0.3, -0.25) is 4.79 Å². The number of hydrogen-bond acceptors (Lipinski definition) is 1. The molecule has 0 aliphatic heterocycles. The Kier molecular flexibility index (Phi) is 2.43. The molecule has 0 radical (unpaired) electrons. The van der Waals surface area contributed by atoms with Gasteiger partial charge in [-0.25, -0.2) is 0 Å². The third-order valence-electron chi connectivity index (χ3n) is 1.32. The van der Waals surface area contributed by atoms with Crippen LogP contribution in [0.3, 0.4) is 0 Å². The minimum atomic E-state index is -0.429. The fraction of sp³-hybridized carbons (Fsp3) is 0.571. The second-order valence-electron chi connectivity index (χ2n) is 2.74. The molecule has 52 valence electrons. The maximum atomic E-state index is 10.6. The molecule has 2 heteroatoms. The summed E-state index contributed by atoms with van der Waals surface area (Å²) >= 11 is 0. The number of hydrogen-bond donors (Lipinski definition) is 1. The SMILES string of the molecule is C=CCC(C)(C)C(N)=O. The number of carbonyl (C=O) groups excluding carboxylic acids is 1. The van der Waals surface area contributed by atoms with Crippen LogP contribution in [0.2, 0.25) is 0 Å². The lowest BCUT2D eigenvalue weighted by Crippen LogP contribution is -2.30. The molecule has 0 saturated carbocycles. The van der Waals surface area contributed by atoms with Crippen LogP contribution in [0.1, 0.15) is 20.3 Å². The Morgan fingerprint density at radius 2 is 2.22 bits per heavy atom. The predicted octanol–water partition coefficient (Wildman–Crippen LogP) is 1.07. The van der Waals surface area contributed by atoms with Crippen molar-refractivity contribution >= 4 is 5.91 Å². The minimum absolute atomic E-state index is 0.276. The molecule has 2 nitrogen and oxygen atoms in total. The van der Waals surface area contributed by atoms with E-state index in [0.29, 0.717) is 6.42 Å². The minimum Gasteiger partial charge on any atom is -0.369 e. The highest BCUT2D eigenvalue weighted by atomic mass is 16.1. The predicted molar refractivity (Wildman–Crippen MR) is 37.8 cm³/mol. The van der Waals surface area contributed by atoms with Gasteiger partial charge in [0.1, 0.15) is 0 Å². The number of amides is 1. The lowest BCUT2D eigenvalue weighted by Gasteiger charge is -2.16. The summed E-state index contributed by atoms with van der Waals surface area (Å²) < 4.78 is 0. The van der Waals surface area contributed by atoms with Gasteiger partial charge in [-0.15, -0.1) is 6.58 Å². The first-order valence-corrected chi connectivity index (χ1v) is 2.91. The van der Waals surface area contributed by atoms with E-state index in [1.807, 2.05) is 0 Å². The Labute approximate surface area is 55.7 Å². The summed E-state index contributed by atoms with van der Waals surface area (Å²) in [6, 6.07) is 0. The van der Waals surface area contributed by atoms with Crippen LogP contribution in [0.4, 0.5) is 0 Å². The second-order valence-corrected chi connectivity index (χ2v) is 2.74. The molecule has 0 atom stereocenters. The molecule has 0 aromatic carbocycles. The van der Waals surface area contributed by atoms with E-state index in [1.165, 1.54) is 0 Å². The first-order chi connectivity index (χ1) is 4.00. The topological polar surface area (TPSA) is 43.1 Å². The van der Waals surface area contributed by atoms with Crippen molar-refractivity contribution in [1.82, 2.24) is 0 Å². The van der Waals surface area contributed by atoms with Gasteiger partial charge in [0.2, 0.25) is 5.91 Å². The van der Waals surface area contributed by atoms with Gasteiger partial charge in [-0.05, 0) is 6.42 Å². The Morgan fingerprint density at radius 1 is 1.78 bits per heavy atom. The monoisotopic (exact) mass is 127 g/mol. The largest absolute Gasteiger partial charge is 0.369 e. The Bertz CT molecular complexity index is 127. The fourth-order valence-corrected chi connectivity index (χ4v) is 0.461. The molecule has 0 aliphatic carbocycles. The van der Waals surface area contributed by atoms with Gasteiger partial charge in [0.25, 0.3) is 0 Å². The van der Waals surface area contributed by atoms with E-state index in [-0.39, 0.29) is 5.91 Å². The van der Waals surface area contributed by atoms with E-state index >= 15 is 0 Å². The zero-order chi connectivity index (χ0) is 7.49. The summed E-state index contributed by atoms with van der Waals surface area (Å²) in [5, 5.41) is 0. The molecule has 0 aromatic heterocycles. The quantitative estimate of drug-likeness (QED) is 0.566. The summed E-state index contributed by atoms with van der Waals surface area (Å²) in [4.78, 5) is 10.6. The number of nitrogens with two attached hydrogens (primary N) is 1. The zero-order valence-electron chi connectivity index (χ0n) is 5.98. The Morgan fingerprint density at radius 3 is 2.33 bits per heavy atom. The molecule has 0 aliphatic rings. The molecule has 0 bridgehead atoms. The van der Waals surface area contributed by atoms with E-state index < -0.39 is 5.41 Å². The molecule has 1 amide bonds. The van der Waals surface area contributed by atoms with Crippen LogP contribution >= 0.6 is 0 Å². The van der Waals surface area contributed by atoms with E-state index in [9.17, 15) is 4.79 Å². The van der Waals surface area contributed by atoms with Crippen molar-refractivity contribution in [2.75, 3.05) is 0 Å². The second kappa shape index (κ2) is 2.67. The number of rotatable bonds is 3. The zero-order valence-corrected chi connectivity index (χ0v) is 5.98. The lowest BCUT2D eigenvalue weighted by molar-refractivity contribution is -0.125. The number of allylic oxidation sites excluding steroid dienone is 1. The average molecular weight is 127 g/mol. The maximum Gasteiger partial charge on any atom is 0.223 e. The molecule has 0 rings (SSSR count). The van der Waals surface area contributed by atoms with Gasteiger partial charge in [-0.2, -0.15) is 0 Å². The smallest absolute Gasteiger partial charge is 0.223 e. The van der Waals surface area contributed by atoms with Gasteiger partial charge < -0.3 is 5.73 Å². The Balaban J connectivity index is 4.00. The van der Waals surface area contributed by atoms with Crippen molar-refractivity contribution < 1.29 is 4.79 Å². The Hall–Kier alpha value is -0.790. The van der Waals surface area contributed by atoms with Gasteiger partial charge >= 0.3 is 0 Å². The summed E-state index contributed by atoms with van der Waals surface area (Å²) in [6.07, 6.45) is 2.34. The van der Waals surface area contributed by atoms with Crippen LogP contribution in [0.5, 0.6) is 0 Å². The molecule has 0 aromatic rings. The standard InChI is InChI=1S/C7H13NO/c1-4-5-7(2,3)6(8)9/h4H,1,5H2,2-3H3,(H2,8,9). The molecule has 0 saturated heterocycles. The van der Waals surface area contributed by atoms with Gasteiger partial charge in [0.05, 0.1) is 0 Å². The van der Waals surface area contributed by atoms with Gasteiger partial charge in [-0.1, -0.05) is 19.9 Å². The van der Waals surface area contributed by atoms with Crippen LogP contribution in [0, 0.1) is 5.41 Å². The van der Waals surface area contributed by atoms with Crippen molar-refractivity contribution in [3.63, 3.8) is 0 Å². The van der Waals surface area contributed by atoms with E-state index in [1.54, 1.807) is 19.9 Å². The third kappa shape index (κ3) is 2.31. The van der Waals surface area contributed by atoms with Crippen LogP contribution in [-0.2, 0) is 4.79 Å². The third-order valence-corrected chi connectivity index (χ3v) is 1.32. The van der Waals surface area contributed by atoms with Crippen molar-refractivity contribution in [1.29, 1.82) is 0 Å². The van der Waals surface area contributed by atoms with Crippen molar-refractivity contribution in [2.45, 2.75) is 20.3 Å². The molecule has 0 heterocycles. The van der Waals surface area contributed by atoms with Crippen LogP contribution in [-0.4, -0.2) is 5.91 Å². The van der Waals surface area contributed by atoms with E-state index in [0.717, 1.165) is 0 Å². The van der Waals surface area contributed by atoms with Crippen molar-refractivity contribution in [3.8, 4) is 0 Å². The fourth-order valence-electron chi connectivity index (χ4n) is 0.461. The summed E-state index contributed by atoms with van der Waals surface area (Å²) in [7, 11) is 0. The van der Waals surface area contributed by atoms with E-state index in [2.05, 4.69) is 6.58 Å². The first kappa shape index (κ1) is 8.21. The maximum absolute atomic E-state index is 10.6. The van der Waals surface area contributed by atoms with Crippen LogP contribution in [0.15, 0.2) is 12.7 Å². The average Bonchev–Trinajstić information content (AvgIpc) is 1.65. The molecule has 2 N–H and O–H groups in total. The first-order valence-electron chi connectivity index (χ1n) is 2.91. The molecule has 0 spiro atoms. The molecule has 0 unspecified atom stereocenters. The highest BCUT2D eigenvalue weighted by molar-refractivity contribution is 5.80. The highest BCUT2D eigenvalue weighted by Gasteiger charge is 2.22. The summed E-state index contributed by atoms with van der Waals surface area (Å²) in [5.41, 5.74) is 4.64. The van der Waals surface area contributed by atoms with Crippen LogP contribution < -0.4 is 5.73 Å². The van der Waals surface area contributed by atoms with Crippen molar-refractivity contribution in [3.05, 3.63) is 12.7 Å². The summed E-state index contributed by atoms with van der Waals surface area (Å²) in [6.45, 7) is 7.13. The van der Waals surface area contributed by atoms with Crippen molar-refractivity contribution in [2.24, 2.45) is 11.1 Å². The number of carbonyl (C=O) groups is 1. The lowest BCUT2D eigenvalue weighted by atomic mass is 9.89. The van der Waals surface area contributed by atoms with Crippen LogP contribution in [0.25, 0.3) is 0 Å².